The molecule has 0 aliphatic carbocycles. The van der Waals surface area contributed by atoms with Crippen molar-refractivity contribution in [2.45, 2.75) is 25.8 Å². The first-order valence-electron chi connectivity index (χ1n) is 5.00. The molecule has 0 saturated carbocycles. The van der Waals surface area contributed by atoms with Crippen molar-refractivity contribution in [1.29, 1.82) is 0 Å². The van der Waals surface area contributed by atoms with Gasteiger partial charge in [-0.25, -0.2) is 0 Å². The molecule has 0 aromatic rings. The van der Waals surface area contributed by atoms with E-state index in [-0.39, 0.29) is 5.54 Å². The van der Waals surface area contributed by atoms with Crippen LogP contribution in [0.3, 0.4) is 0 Å². The van der Waals surface area contributed by atoms with E-state index in [1.54, 1.807) is 0 Å². The van der Waals surface area contributed by atoms with E-state index in [1.165, 1.54) is 5.75 Å². The topological polar surface area (TPSA) is 38.0 Å². The lowest BCUT2D eigenvalue weighted by Crippen LogP contribution is -2.58. The second-order valence-corrected chi connectivity index (χ2v) is 5.86. The summed E-state index contributed by atoms with van der Waals surface area (Å²) in [6, 6.07) is 0. The van der Waals surface area contributed by atoms with Crippen LogP contribution in [-0.4, -0.2) is 30.1 Å². The Balaban J connectivity index is 2.64. The van der Waals surface area contributed by atoms with Gasteiger partial charge in [0.15, 0.2) is 0 Å². The summed E-state index contributed by atoms with van der Waals surface area (Å²) in [7, 11) is 0. The number of terminal acetylenes is 1. The summed E-state index contributed by atoms with van der Waals surface area (Å²) >= 11 is 1.97. The molecule has 14 heavy (non-hydrogen) atoms. The van der Waals surface area contributed by atoms with E-state index < -0.39 is 0 Å². The summed E-state index contributed by atoms with van der Waals surface area (Å²) < 4.78 is 0. The lowest BCUT2D eigenvalue weighted by atomic mass is 9.80. The minimum Gasteiger partial charge on any atom is -0.329 e. The molecule has 1 saturated heterocycles. The molecule has 0 aromatic heterocycles. The molecule has 1 rings (SSSR count). The van der Waals surface area contributed by atoms with Gasteiger partial charge in [0, 0.05) is 17.8 Å². The third kappa shape index (κ3) is 2.91. The van der Waals surface area contributed by atoms with Crippen LogP contribution in [0.15, 0.2) is 0 Å². The smallest absolute Gasteiger partial charge is 0.0578 e. The quantitative estimate of drug-likeness (QED) is 0.687. The summed E-state index contributed by atoms with van der Waals surface area (Å²) in [6.07, 6.45) is 6.38. The van der Waals surface area contributed by atoms with Crippen LogP contribution in [0, 0.1) is 17.8 Å². The van der Waals surface area contributed by atoms with E-state index >= 15 is 0 Å². The first-order valence-corrected chi connectivity index (χ1v) is 6.15. The van der Waals surface area contributed by atoms with Crippen molar-refractivity contribution in [1.82, 2.24) is 5.32 Å². The highest BCUT2D eigenvalue weighted by atomic mass is 32.2. The molecule has 1 aliphatic rings. The number of rotatable bonds is 3. The average Bonchev–Trinajstić information content (AvgIpc) is 2.13. The molecule has 1 aliphatic heterocycles. The highest BCUT2D eigenvalue weighted by Gasteiger charge is 2.38. The Morgan fingerprint density at radius 2 is 2.21 bits per heavy atom. The lowest BCUT2D eigenvalue weighted by Gasteiger charge is -2.44. The van der Waals surface area contributed by atoms with Crippen LogP contribution in [0.25, 0.3) is 0 Å². The first-order chi connectivity index (χ1) is 6.54. The summed E-state index contributed by atoms with van der Waals surface area (Å²) in [5, 5.41) is 3.41. The van der Waals surface area contributed by atoms with Gasteiger partial charge in [0.1, 0.15) is 0 Å². The molecule has 3 heteroatoms. The van der Waals surface area contributed by atoms with Crippen molar-refractivity contribution in [2.75, 3.05) is 24.6 Å². The molecule has 1 heterocycles. The molecule has 0 aromatic carbocycles. The third-order valence-corrected chi connectivity index (χ3v) is 4.39. The van der Waals surface area contributed by atoms with E-state index in [9.17, 15) is 0 Å². The Morgan fingerprint density at radius 3 is 2.71 bits per heavy atom. The van der Waals surface area contributed by atoms with Crippen LogP contribution < -0.4 is 11.1 Å². The maximum atomic E-state index is 5.86. The zero-order valence-corrected chi connectivity index (χ0v) is 9.91. The van der Waals surface area contributed by atoms with Gasteiger partial charge in [0.25, 0.3) is 0 Å². The van der Waals surface area contributed by atoms with Crippen LogP contribution in [0.1, 0.15) is 20.3 Å². The van der Waals surface area contributed by atoms with Crippen LogP contribution in [-0.2, 0) is 0 Å². The average molecular weight is 212 g/mol. The zero-order valence-electron chi connectivity index (χ0n) is 9.10. The Kier molecular flexibility index (Phi) is 3.88. The standard InChI is InChI=1S/C11H20N2S/c1-4-5-13-11(7-12)6-10(2,3)8-14-9-11/h1,13H,5-9,12H2,2-3H3. The lowest BCUT2D eigenvalue weighted by molar-refractivity contribution is 0.235. The summed E-state index contributed by atoms with van der Waals surface area (Å²) in [4.78, 5) is 0. The second kappa shape index (κ2) is 4.57. The van der Waals surface area contributed by atoms with Crippen LogP contribution in [0.5, 0.6) is 0 Å². The van der Waals surface area contributed by atoms with Crippen LogP contribution >= 0.6 is 11.8 Å². The number of hydrogen-bond donors (Lipinski definition) is 2. The Bertz CT molecular complexity index is 232. The second-order valence-electron chi connectivity index (χ2n) is 4.88. The van der Waals surface area contributed by atoms with Gasteiger partial charge in [0.05, 0.1) is 6.54 Å². The van der Waals surface area contributed by atoms with Gasteiger partial charge in [-0.15, -0.1) is 6.42 Å². The first kappa shape index (κ1) is 11.9. The third-order valence-electron chi connectivity index (χ3n) is 2.64. The van der Waals surface area contributed by atoms with Gasteiger partial charge in [-0.3, -0.25) is 5.32 Å². The van der Waals surface area contributed by atoms with Crippen LogP contribution in [0.4, 0.5) is 0 Å². The molecule has 3 N–H and O–H groups in total. The number of nitrogens with one attached hydrogen (secondary N) is 1. The Hall–Kier alpha value is -0.170. The fraction of sp³-hybridized carbons (Fsp3) is 0.818. The monoisotopic (exact) mass is 212 g/mol. The van der Waals surface area contributed by atoms with E-state index in [2.05, 4.69) is 25.1 Å². The predicted octanol–water partition coefficient (Wildman–Crippen LogP) is 1.07. The number of nitrogens with two attached hydrogens (primary N) is 1. The van der Waals surface area contributed by atoms with Crippen molar-refractivity contribution in [2.24, 2.45) is 11.1 Å². The molecule has 0 amide bonds. The predicted molar refractivity (Wildman–Crippen MR) is 64.3 cm³/mol. The maximum absolute atomic E-state index is 5.86. The molecule has 0 radical (unpaired) electrons. The fourth-order valence-electron chi connectivity index (χ4n) is 2.10. The molecule has 1 atom stereocenters. The van der Waals surface area contributed by atoms with Crippen molar-refractivity contribution < 1.29 is 0 Å². The van der Waals surface area contributed by atoms with Crippen molar-refractivity contribution in [3.8, 4) is 12.3 Å². The fourth-order valence-corrected chi connectivity index (χ4v) is 3.57. The summed E-state index contributed by atoms with van der Waals surface area (Å²) in [5.41, 5.74) is 6.28. The van der Waals surface area contributed by atoms with Crippen LogP contribution in [0.2, 0.25) is 0 Å². The van der Waals surface area contributed by atoms with Gasteiger partial charge >= 0.3 is 0 Å². The van der Waals surface area contributed by atoms with Gasteiger partial charge < -0.3 is 5.73 Å². The molecular formula is C11H20N2S. The van der Waals surface area contributed by atoms with E-state index in [4.69, 9.17) is 12.2 Å². The largest absolute Gasteiger partial charge is 0.329 e. The SMILES string of the molecule is C#CCNC1(CN)CSCC(C)(C)C1. The van der Waals surface area contributed by atoms with Crippen molar-refractivity contribution >= 4 is 11.8 Å². The number of thioether (sulfide) groups is 1. The minimum absolute atomic E-state index is 0.0544. The zero-order chi connectivity index (χ0) is 10.7. The Morgan fingerprint density at radius 1 is 1.50 bits per heavy atom. The Labute approximate surface area is 91.4 Å². The highest BCUT2D eigenvalue weighted by Crippen LogP contribution is 2.38. The van der Waals surface area contributed by atoms with Gasteiger partial charge in [-0.2, -0.15) is 11.8 Å². The van der Waals surface area contributed by atoms with E-state index in [0.717, 1.165) is 12.2 Å². The number of hydrogen-bond acceptors (Lipinski definition) is 3. The highest BCUT2D eigenvalue weighted by molar-refractivity contribution is 7.99. The molecular weight excluding hydrogens is 192 g/mol. The van der Waals surface area contributed by atoms with E-state index in [1.807, 2.05) is 11.8 Å². The van der Waals surface area contributed by atoms with E-state index in [0.29, 0.717) is 18.5 Å². The van der Waals surface area contributed by atoms with Crippen molar-refractivity contribution in [3.05, 3.63) is 0 Å². The van der Waals surface area contributed by atoms with Gasteiger partial charge in [0.2, 0.25) is 0 Å². The van der Waals surface area contributed by atoms with Crippen molar-refractivity contribution in [3.63, 3.8) is 0 Å². The van der Waals surface area contributed by atoms with Gasteiger partial charge in [-0.05, 0) is 17.6 Å². The normalized spacial score (nSPS) is 31.0. The molecule has 1 fully saturated rings. The molecule has 2 nitrogen and oxygen atoms in total. The maximum Gasteiger partial charge on any atom is 0.0578 e. The summed E-state index contributed by atoms with van der Waals surface area (Å²) in [6.45, 7) is 5.88. The minimum atomic E-state index is 0.0544. The van der Waals surface area contributed by atoms with Gasteiger partial charge in [-0.1, -0.05) is 19.8 Å². The summed E-state index contributed by atoms with van der Waals surface area (Å²) in [5.74, 6) is 4.92. The molecule has 0 spiro atoms. The molecule has 1 unspecified atom stereocenters. The molecule has 0 bridgehead atoms. The molecule has 80 valence electrons.